The van der Waals surface area contributed by atoms with Crippen LogP contribution in [0.25, 0.3) is 11.3 Å². The Labute approximate surface area is 186 Å². The molecule has 5 rings (SSSR count). The first-order chi connectivity index (χ1) is 15.2. The lowest BCUT2D eigenvalue weighted by Crippen LogP contribution is -2.27. The first kappa shape index (κ1) is 19.3. The average Bonchev–Trinajstić information content (AvgIpc) is 3.46. The van der Waals surface area contributed by atoms with Crippen LogP contribution >= 0.6 is 12.2 Å². The number of nitrogens with one attached hydrogen (secondary N) is 2. The number of thiocarbonyl (C=S) groups is 1. The van der Waals surface area contributed by atoms with Gasteiger partial charge in [-0.2, -0.15) is 0 Å². The smallest absolute Gasteiger partial charge is 0.171 e. The number of anilines is 2. The van der Waals surface area contributed by atoms with Crippen LogP contribution in [-0.2, 0) is 19.6 Å². The number of pyridine rings is 1. The lowest BCUT2D eigenvalue weighted by Gasteiger charge is -2.17. The summed E-state index contributed by atoms with van der Waals surface area (Å²) in [5.41, 5.74) is 4.64. The Morgan fingerprint density at radius 1 is 0.903 bits per heavy atom. The van der Waals surface area contributed by atoms with E-state index in [2.05, 4.69) is 44.8 Å². The molecule has 0 saturated carbocycles. The van der Waals surface area contributed by atoms with Crippen molar-refractivity contribution in [1.82, 2.24) is 10.3 Å². The largest absolute Gasteiger partial charge is 0.459 e. The quantitative estimate of drug-likeness (QED) is 0.420. The fourth-order valence-electron chi connectivity index (χ4n) is 3.72. The number of fused-ring (bicyclic) bond motifs is 1. The lowest BCUT2D eigenvalue weighted by molar-refractivity contribution is 0.516. The molecule has 0 fully saturated rings. The van der Waals surface area contributed by atoms with E-state index in [9.17, 15) is 0 Å². The molecule has 1 aliphatic rings. The van der Waals surface area contributed by atoms with Crippen molar-refractivity contribution in [3.8, 4) is 11.3 Å². The van der Waals surface area contributed by atoms with E-state index in [1.54, 1.807) is 0 Å². The van der Waals surface area contributed by atoms with Crippen LogP contribution in [0.4, 0.5) is 11.5 Å². The van der Waals surface area contributed by atoms with E-state index in [1.807, 2.05) is 60.8 Å². The van der Waals surface area contributed by atoms with E-state index in [1.165, 1.54) is 11.1 Å². The van der Waals surface area contributed by atoms with Gasteiger partial charge in [-0.3, -0.25) is 0 Å². The van der Waals surface area contributed by atoms with Crippen molar-refractivity contribution in [2.75, 3.05) is 10.2 Å². The Morgan fingerprint density at radius 3 is 2.35 bits per heavy atom. The van der Waals surface area contributed by atoms with E-state index < -0.39 is 0 Å². The maximum absolute atomic E-state index is 5.90. The highest BCUT2D eigenvalue weighted by atomic mass is 32.1. The van der Waals surface area contributed by atoms with Gasteiger partial charge in [-0.1, -0.05) is 54.6 Å². The van der Waals surface area contributed by atoms with Crippen LogP contribution in [-0.4, -0.2) is 10.1 Å². The highest BCUT2D eigenvalue weighted by Crippen LogP contribution is 2.27. The summed E-state index contributed by atoms with van der Waals surface area (Å²) >= 11 is 5.42. The summed E-state index contributed by atoms with van der Waals surface area (Å²) in [6, 6.07) is 26.5. The zero-order chi connectivity index (χ0) is 21.0. The van der Waals surface area contributed by atoms with Gasteiger partial charge in [0.25, 0.3) is 0 Å². The molecule has 0 radical (unpaired) electrons. The number of benzene rings is 2. The van der Waals surface area contributed by atoms with Crippen LogP contribution in [0.3, 0.4) is 0 Å². The summed E-state index contributed by atoms with van der Waals surface area (Å²) in [6.45, 7) is 2.30. The fraction of sp³-hybridized carbons (Fsp3) is 0.120. The second-order valence-electron chi connectivity index (χ2n) is 7.47. The topological polar surface area (TPSA) is 53.3 Å². The van der Waals surface area contributed by atoms with Crippen molar-refractivity contribution in [1.29, 1.82) is 0 Å². The van der Waals surface area contributed by atoms with E-state index >= 15 is 0 Å². The Balaban J connectivity index is 1.14. The highest BCUT2D eigenvalue weighted by molar-refractivity contribution is 7.80. The number of rotatable bonds is 5. The third kappa shape index (κ3) is 4.44. The molecule has 6 heteroatoms. The second kappa shape index (κ2) is 8.62. The van der Waals surface area contributed by atoms with Crippen LogP contribution in [0.5, 0.6) is 0 Å². The fourth-order valence-corrected chi connectivity index (χ4v) is 3.91. The molecule has 154 valence electrons. The highest BCUT2D eigenvalue weighted by Gasteiger charge is 2.19. The predicted octanol–water partition coefficient (Wildman–Crippen LogP) is 5.35. The molecule has 2 aromatic heterocycles. The van der Waals surface area contributed by atoms with Gasteiger partial charge < -0.3 is 20.0 Å². The molecule has 0 unspecified atom stereocenters. The van der Waals surface area contributed by atoms with Crippen molar-refractivity contribution in [3.05, 3.63) is 102 Å². The van der Waals surface area contributed by atoms with Crippen molar-refractivity contribution in [3.63, 3.8) is 0 Å². The SMILES string of the molecule is S=C(NCc1ccc(-c2ccccc2)o1)Nc1ccc(N2Cc3ccccc3C2)nc1. The van der Waals surface area contributed by atoms with E-state index in [0.29, 0.717) is 11.7 Å². The average molecular weight is 427 g/mol. The molecule has 1 aliphatic heterocycles. The zero-order valence-corrected chi connectivity index (χ0v) is 17.7. The van der Waals surface area contributed by atoms with Gasteiger partial charge >= 0.3 is 0 Å². The Morgan fingerprint density at radius 2 is 1.65 bits per heavy atom. The van der Waals surface area contributed by atoms with E-state index in [0.717, 1.165) is 41.7 Å². The Kier molecular flexibility index (Phi) is 5.37. The maximum atomic E-state index is 5.90. The minimum atomic E-state index is 0.510. The summed E-state index contributed by atoms with van der Waals surface area (Å²) in [5.74, 6) is 2.63. The van der Waals surface area contributed by atoms with Crippen molar-refractivity contribution < 1.29 is 4.42 Å². The minimum Gasteiger partial charge on any atom is -0.459 e. The lowest BCUT2D eigenvalue weighted by atomic mass is 10.1. The first-order valence-electron chi connectivity index (χ1n) is 10.2. The standard InChI is InChI=1S/C25H22N4OS/c31-25(27-15-22-11-12-23(30-22)18-6-2-1-3-7-18)28-21-10-13-24(26-14-21)29-16-19-8-4-5-9-20(19)17-29/h1-14H,15-17H2,(H2,27,28,31). The number of nitrogens with zero attached hydrogens (tertiary/aromatic N) is 2. The molecular weight excluding hydrogens is 404 g/mol. The number of hydrogen-bond acceptors (Lipinski definition) is 4. The molecule has 2 aromatic carbocycles. The Bertz CT molecular complexity index is 1160. The van der Waals surface area contributed by atoms with Gasteiger partial charge in [0.1, 0.15) is 17.3 Å². The molecule has 3 heterocycles. The third-order valence-corrected chi connectivity index (χ3v) is 5.56. The molecular formula is C25H22N4OS. The number of furan rings is 1. The number of aromatic nitrogens is 1. The molecule has 0 bridgehead atoms. The zero-order valence-electron chi connectivity index (χ0n) is 16.9. The van der Waals surface area contributed by atoms with Crippen LogP contribution in [0.15, 0.2) is 89.5 Å². The van der Waals surface area contributed by atoms with E-state index in [-0.39, 0.29) is 0 Å². The van der Waals surface area contributed by atoms with Gasteiger partial charge in [0.2, 0.25) is 0 Å². The summed E-state index contributed by atoms with van der Waals surface area (Å²) < 4.78 is 5.90. The number of hydrogen-bond donors (Lipinski definition) is 2. The van der Waals surface area contributed by atoms with Gasteiger partial charge in [0, 0.05) is 18.7 Å². The van der Waals surface area contributed by atoms with Crippen molar-refractivity contribution in [2.24, 2.45) is 0 Å². The molecule has 0 aliphatic carbocycles. The molecule has 4 aromatic rings. The molecule has 5 nitrogen and oxygen atoms in total. The van der Waals surface area contributed by atoms with Gasteiger partial charge in [-0.05, 0) is 47.6 Å². The van der Waals surface area contributed by atoms with Crippen LogP contribution in [0, 0.1) is 0 Å². The predicted molar refractivity (Wildman–Crippen MR) is 128 cm³/mol. The van der Waals surface area contributed by atoms with Gasteiger partial charge in [0.15, 0.2) is 5.11 Å². The Hall–Kier alpha value is -3.64. The second-order valence-corrected chi connectivity index (χ2v) is 7.88. The monoisotopic (exact) mass is 426 g/mol. The summed E-state index contributed by atoms with van der Waals surface area (Å²) in [4.78, 5) is 6.88. The molecule has 0 saturated heterocycles. The molecule has 31 heavy (non-hydrogen) atoms. The molecule has 0 spiro atoms. The van der Waals surface area contributed by atoms with Crippen LogP contribution < -0.4 is 15.5 Å². The van der Waals surface area contributed by atoms with Gasteiger partial charge in [-0.15, -0.1) is 0 Å². The minimum absolute atomic E-state index is 0.510. The van der Waals surface area contributed by atoms with Crippen LogP contribution in [0.1, 0.15) is 16.9 Å². The van der Waals surface area contributed by atoms with Gasteiger partial charge in [0.05, 0.1) is 18.4 Å². The normalized spacial score (nSPS) is 12.5. The van der Waals surface area contributed by atoms with Crippen LogP contribution in [0.2, 0.25) is 0 Å². The molecule has 0 amide bonds. The van der Waals surface area contributed by atoms with Crippen molar-refractivity contribution >= 4 is 28.8 Å². The molecule has 0 atom stereocenters. The first-order valence-corrected chi connectivity index (χ1v) is 10.6. The van der Waals surface area contributed by atoms with Gasteiger partial charge in [-0.25, -0.2) is 4.98 Å². The third-order valence-electron chi connectivity index (χ3n) is 5.31. The maximum Gasteiger partial charge on any atom is 0.171 e. The van der Waals surface area contributed by atoms with Crippen molar-refractivity contribution in [2.45, 2.75) is 19.6 Å². The summed E-state index contributed by atoms with van der Waals surface area (Å²) in [6.07, 6.45) is 1.81. The summed E-state index contributed by atoms with van der Waals surface area (Å²) in [5, 5.41) is 6.89. The molecule has 2 N–H and O–H groups in total. The van der Waals surface area contributed by atoms with E-state index in [4.69, 9.17) is 16.6 Å². The summed E-state index contributed by atoms with van der Waals surface area (Å²) in [7, 11) is 0.